The lowest BCUT2D eigenvalue weighted by Crippen LogP contribution is -2.02. The molecular formula is C7H11NO3S. The molecule has 4 nitrogen and oxygen atoms in total. The Morgan fingerprint density at radius 2 is 2.08 bits per heavy atom. The largest absolute Gasteiger partial charge is 0.402 e. The van der Waals surface area contributed by atoms with E-state index in [2.05, 4.69) is 6.58 Å². The van der Waals surface area contributed by atoms with Crippen molar-refractivity contribution in [2.24, 2.45) is 5.73 Å². The first kappa shape index (κ1) is 10.9. The molecule has 12 heavy (non-hydrogen) atoms. The van der Waals surface area contributed by atoms with Gasteiger partial charge in [0.25, 0.3) is 10.1 Å². The molecule has 0 aromatic heterocycles. The summed E-state index contributed by atoms with van der Waals surface area (Å²) in [6.45, 7) is 4.82. The second kappa shape index (κ2) is 4.08. The van der Waals surface area contributed by atoms with Crippen LogP contribution < -0.4 is 5.73 Å². The summed E-state index contributed by atoms with van der Waals surface area (Å²) in [5, 5.41) is 0. The second-order valence-electron chi connectivity index (χ2n) is 2.17. The van der Waals surface area contributed by atoms with Crippen LogP contribution in [0, 0.1) is 0 Å². The van der Waals surface area contributed by atoms with Gasteiger partial charge >= 0.3 is 0 Å². The van der Waals surface area contributed by atoms with Crippen LogP contribution in [-0.4, -0.2) is 13.0 Å². The molecule has 0 heterocycles. The van der Waals surface area contributed by atoms with Crippen LogP contribution in [0.4, 0.5) is 0 Å². The number of allylic oxidation sites excluding steroid dienone is 4. The molecule has 0 fully saturated rings. The number of hydrogen-bond donors (Lipinski definition) is 2. The topological polar surface area (TPSA) is 80.4 Å². The van der Waals surface area contributed by atoms with Crippen LogP contribution >= 0.6 is 0 Å². The average Bonchev–Trinajstić information content (AvgIpc) is 1.83. The third-order valence-corrected chi connectivity index (χ3v) is 1.80. The van der Waals surface area contributed by atoms with Crippen molar-refractivity contribution in [2.75, 3.05) is 0 Å². The summed E-state index contributed by atoms with van der Waals surface area (Å²) >= 11 is 0. The Morgan fingerprint density at radius 1 is 1.58 bits per heavy atom. The lowest BCUT2D eigenvalue weighted by Gasteiger charge is -1.96. The van der Waals surface area contributed by atoms with E-state index in [1.807, 2.05) is 0 Å². The Morgan fingerprint density at radius 3 is 2.33 bits per heavy atom. The zero-order valence-corrected chi connectivity index (χ0v) is 7.50. The molecule has 0 aliphatic heterocycles. The van der Waals surface area contributed by atoms with E-state index in [0.717, 1.165) is 12.2 Å². The van der Waals surface area contributed by atoms with Crippen molar-refractivity contribution >= 4 is 10.1 Å². The van der Waals surface area contributed by atoms with Crippen molar-refractivity contribution in [1.82, 2.24) is 0 Å². The molecule has 5 heteroatoms. The van der Waals surface area contributed by atoms with Crippen LogP contribution in [0.1, 0.15) is 6.92 Å². The minimum absolute atomic E-state index is 0.266. The average molecular weight is 189 g/mol. The van der Waals surface area contributed by atoms with E-state index in [1.54, 1.807) is 0 Å². The highest BCUT2D eigenvalue weighted by Crippen LogP contribution is 2.07. The molecule has 0 rings (SSSR count). The van der Waals surface area contributed by atoms with Crippen molar-refractivity contribution in [1.29, 1.82) is 0 Å². The Labute approximate surface area is 71.8 Å². The van der Waals surface area contributed by atoms with Gasteiger partial charge in [-0.2, -0.15) is 8.42 Å². The summed E-state index contributed by atoms with van der Waals surface area (Å²) in [5.41, 5.74) is 5.52. The van der Waals surface area contributed by atoms with Crippen LogP contribution in [0.2, 0.25) is 0 Å². The minimum Gasteiger partial charge on any atom is -0.402 e. The van der Waals surface area contributed by atoms with Gasteiger partial charge < -0.3 is 5.73 Å². The molecule has 0 radical (unpaired) electrons. The summed E-state index contributed by atoms with van der Waals surface area (Å²) in [6.07, 6.45) is 3.56. The fourth-order valence-corrected chi connectivity index (χ4v) is 1.15. The Bertz CT molecular complexity index is 321. The van der Waals surface area contributed by atoms with Crippen molar-refractivity contribution in [3.8, 4) is 0 Å². The smallest absolute Gasteiger partial charge is 0.294 e. The highest BCUT2D eigenvalue weighted by atomic mass is 32.2. The molecule has 0 spiro atoms. The van der Waals surface area contributed by atoms with Crippen molar-refractivity contribution < 1.29 is 13.0 Å². The number of nitrogens with two attached hydrogens (primary N) is 1. The first-order valence-electron chi connectivity index (χ1n) is 3.12. The highest BCUT2D eigenvalue weighted by Gasteiger charge is 2.09. The van der Waals surface area contributed by atoms with Gasteiger partial charge in [0.15, 0.2) is 0 Å². The molecule has 0 bridgehead atoms. The molecule has 0 aliphatic carbocycles. The molecule has 0 saturated carbocycles. The Hall–Kier alpha value is -1.07. The predicted octanol–water partition coefficient (Wildman–Crippen LogP) is 0.807. The molecule has 0 aliphatic rings. The highest BCUT2D eigenvalue weighted by molar-refractivity contribution is 7.90. The van der Waals surface area contributed by atoms with Crippen LogP contribution in [0.3, 0.4) is 0 Å². The third-order valence-electron chi connectivity index (χ3n) is 0.950. The van der Waals surface area contributed by atoms with E-state index >= 15 is 0 Å². The van der Waals surface area contributed by atoms with E-state index in [1.165, 1.54) is 13.0 Å². The van der Waals surface area contributed by atoms with Gasteiger partial charge in [-0.25, -0.2) is 0 Å². The first-order valence-corrected chi connectivity index (χ1v) is 4.56. The van der Waals surface area contributed by atoms with Gasteiger partial charge in [-0.05, 0) is 19.1 Å². The maximum atomic E-state index is 10.6. The number of rotatable bonds is 3. The Balaban J connectivity index is 5.11. The molecule has 68 valence electrons. The van der Waals surface area contributed by atoms with E-state index in [0.29, 0.717) is 5.70 Å². The zero-order valence-electron chi connectivity index (χ0n) is 6.69. The summed E-state index contributed by atoms with van der Waals surface area (Å²) in [7, 11) is -4.19. The van der Waals surface area contributed by atoms with Crippen molar-refractivity contribution in [3.63, 3.8) is 0 Å². The van der Waals surface area contributed by atoms with Gasteiger partial charge in [0.1, 0.15) is 0 Å². The van der Waals surface area contributed by atoms with Gasteiger partial charge in [0.2, 0.25) is 0 Å². The molecule has 0 unspecified atom stereocenters. The van der Waals surface area contributed by atoms with E-state index in [4.69, 9.17) is 10.3 Å². The standard InChI is InChI=1S/C7H11NO3S/c1-3-4-7(5-6(2)8)12(9,10)11/h3-5H,1,8H2,2H3,(H,9,10,11)/b6-5+,7-4+. The predicted molar refractivity (Wildman–Crippen MR) is 47.8 cm³/mol. The van der Waals surface area contributed by atoms with Gasteiger partial charge in [-0.15, -0.1) is 0 Å². The van der Waals surface area contributed by atoms with Gasteiger partial charge in [0.05, 0.1) is 4.91 Å². The monoisotopic (exact) mass is 189 g/mol. The van der Waals surface area contributed by atoms with Crippen molar-refractivity contribution in [2.45, 2.75) is 6.92 Å². The van der Waals surface area contributed by atoms with Crippen LogP contribution in [0.15, 0.2) is 35.4 Å². The third kappa shape index (κ3) is 3.95. The van der Waals surface area contributed by atoms with Gasteiger partial charge in [0, 0.05) is 5.70 Å². The lowest BCUT2D eigenvalue weighted by molar-refractivity contribution is 0.492. The molecule has 0 atom stereocenters. The summed E-state index contributed by atoms with van der Waals surface area (Å²) in [6, 6.07) is 0. The normalized spacial score (nSPS) is 14.5. The van der Waals surface area contributed by atoms with Crippen LogP contribution in [0.25, 0.3) is 0 Å². The fraction of sp³-hybridized carbons (Fsp3) is 0.143. The van der Waals surface area contributed by atoms with Gasteiger partial charge in [-0.3, -0.25) is 4.55 Å². The lowest BCUT2D eigenvalue weighted by atomic mass is 10.4. The molecule has 3 N–H and O–H groups in total. The summed E-state index contributed by atoms with van der Waals surface area (Å²) < 4.78 is 29.8. The summed E-state index contributed by atoms with van der Waals surface area (Å²) in [4.78, 5) is -0.266. The quantitative estimate of drug-likeness (QED) is 0.508. The first-order chi connectivity index (χ1) is 5.38. The molecule has 0 aromatic rings. The maximum absolute atomic E-state index is 10.6. The molecule has 0 saturated heterocycles. The molecule has 0 amide bonds. The van der Waals surface area contributed by atoms with Crippen LogP contribution in [0.5, 0.6) is 0 Å². The van der Waals surface area contributed by atoms with E-state index in [9.17, 15) is 8.42 Å². The van der Waals surface area contributed by atoms with Gasteiger partial charge in [-0.1, -0.05) is 12.7 Å². The van der Waals surface area contributed by atoms with E-state index < -0.39 is 10.1 Å². The molecular weight excluding hydrogens is 178 g/mol. The van der Waals surface area contributed by atoms with E-state index in [-0.39, 0.29) is 4.91 Å². The zero-order chi connectivity index (χ0) is 9.78. The molecule has 0 aromatic carbocycles. The fourth-order valence-electron chi connectivity index (χ4n) is 0.549. The SMILES string of the molecule is C=C/C=C(\C=C(/C)N)S(=O)(=O)O. The van der Waals surface area contributed by atoms with Crippen molar-refractivity contribution in [3.05, 3.63) is 35.4 Å². The van der Waals surface area contributed by atoms with Crippen LogP contribution in [-0.2, 0) is 10.1 Å². The minimum atomic E-state index is -4.19. The number of hydrogen-bond acceptors (Lipinski definition) is 3. The maximum Gasteiger partial charge on any atom is 0.294 e. The Kier molecular flexibility index (Phi) is 3.72. The summed E-state index contributed by atoms with van der Waals surface area (Å²) in [5.74, 6) is 0. The second-order valence-corrected chi connectivity index (χ2v) is 3.59.